The van der Waals surface area contributed by atoms with E-state index >= 15 is 0 Å². The van der Waals surface area contributed by atoms with Crippen molar-refractivity contribution < 1.29 is 4.79 Å². The molecular weight excluding hydrogens is 322 g/mol. The first-order chi connectivity index (χ1) is 10.6. The second kappa shape index (κ2) is 8.05. The molecule has 0 radical (unpaired) electrons. The van der Waals surface area contributed by atoms with Crippen LogP contribution in [0.3, 0.4) is 0 Å². The van der Waals surface area contributed by atoms with Gasteiger partial charge in [-0.1, -0.05) is 18.5 Å². The third kappa shape index (κ3) is 4.92. The summed E-state index contributed by atoms with van der Waals surface area (Å²) in [5.74, 6) is 0.917. The third-order valence-electron chi connectivity index (χ3n) is 2.79. The molecule has 0 aliphatic rings. The van der Waals surface area contributed by atoms with Crippen molar-refractivity contribution in [1.29, 1.82) is 0 Å². The molecule has 118 valence electrons. The molecule has 0 aliphatic heterocycles. The van der Waals surface area contributed by atoms with E-state index in [1.165, 1.54) is 6.33 Å². The van der Waals surface area contributed by atoms with E-state index in [4.69, 9.17) is 11.6 Å². The molecule has 8 heteroatoms. The first-order valence-corrected chi connectivity index (χ1v) is 8.27. The van der Waals surface area contributed by atoms with Crippen LogP contribution in [-0.4, -0.2) is 32.6 Å². The Balaban J connectivity index is 1.95. The van der Waals surface area contributed by atoms with E-state index < -0.39 is 0 Å². The predicted octanol–water partition coefficient (Wildman–Crippen LogP) is 3.25. The van der Waals surface area contributed by atoms with Crippen molar-refractivity contribution in [3.63, 3.8) is 0 Å². The number of halogens is 1. The molecule has 2 aromatic rings. The van der Waals surface area contributed by atoms with Crippen molar-refractivity contribution in [3.05, 3.63) is 35.9 Å². The molecule has 0 unspecified atom stereocenters. The number of anilines is 1. The normalized spacial score (nSPS) is 12.0. The fourth-order valence-electron chi connectivity index (χ4n) is 1.92. The lowest BCUT2D eigenvalue weighted by molar-refractivity contribution is 0.247. The van der Waals surface area contributed by atoms with Gasteiger partial charge >= 0.3 is 6.03 Å². The SMILES string of the molecule is CCSc1ccc(Cl)cc1NC(=O)N[C@@H](C)Cn1cncn1. The van der Waals surface area contributed by atoms with Crippen LogP contribution in [0.5, 0.6) is 0 Å². The van der Waals surface area contributed by atoms with Crippen LogP contribution in [0.1, 0.15) is 13.8 Å². The summed E-state index contributed by atoms with van der Waals surface area (Å²) >= 11 is 7.65. The highest BCUT2D eigenvalue weighted by Crippen LogP contribution is 2.29. The van der Waals surface area contributed by atoms with Crippen molar-refractivity contribution in [2.24, 2.45) is 0 Å². The van der Waals surface area contributed by atoms with Gasteiger partial charge in [0.25, 0.3) is 0 Å². The van der Waals surface area contributed by atoms with Crippen molar-refractivity contribution in [2.45, 2.75) is 31.3 Å². The van der Waals surface area contributed by atoms with Crippen LogP contribution in [-0.2, 0) is 6.54 Å². The number of urea groups is 1. The smallest absolute Gasteiger partial charge is 0.319 e. The van der Waals surface area contributed by atoms with Crippen molar-refractivity contribution in [1.82, 2.24) is 20.1 Å². The highest BCUT2D eigenvalue weighted by molar-refractivity contribution is 7.99. The number of hydrogen-bond acceptors (Lipinski definition) is 4. The fourth-order valence-corrected chi connectivity index (χ4v) is 2.83. The van der Waals surface area contributed by atoms with E-state index in [9.17, 15) is 4.79 Å². The minimum atomic E-state index is -0.271. The molecule has 1 heterocycles. The summed E-state index contributed by atoms with van der Waals surface area (Å²) in [5, 5.41) is 10.3. The number of amides is 2. The minimum absolute atomic E-state index is 0.0804. The first kappa shape index (κ1) is 16.6. The third-order valence-corrected chi connectivity index (χ3v) is 3.99. The second-order valence-corrected chi connectivity index (χ2v) is 6.43. The van der Waals surface area contributed by atoms with E-state index in [0.717, 1.165) is 10.6 Å². The Hall–Kier alpha value is -1.73. The number of nitrogens with one attached hydrogen (secondary N) is 2. The Morgan fingerprint density at radius 3 is 3.00 bits per heavy atom. The lowest BCUT2D eigenvalue weighted by Crippen LogP contribution is -2.38. The summed E-state index contributed by atoms with van der Waals surface area (Å²) in [6, 6.07) is 5.12. The van der Waals surface area contributed by atoms with E-state index in [2.05, 4.69) is 27.6 Å². The van der Waals surface area contributed by atoms with Crippen LogP contribution in [0, 0.1) is 0 Å². The number of carbonyl (C=O) groups is 1. The Morgan fingerprint density at radius 1 is 1.50 bits per heavy atom. The van der Waals surface area contributed by atoms with Gasteiger partial charge in [0.1, 0.15) is 12.7 Å². The summed E-state index contributed by atoms with van der Waals surface area (Å²) in [6.45, 7) is 4.52. The summed E-state index contributed by atoms with van der Waals surface area (Å²) < 4.78 is 1.67. The van der Waals surface area contributed by atoms with E-state index in [-0.39, 0.29) is 12.1 Å². The molecule has 1 aromatic heterocycles. The van der Waals surface area contributed by atoms with Crippen LogP contribution >= 0.6 is 23.4 Å². The maximum atomic E-state index is 12.1. The zero-order valence-electron chi connectivity index (χ0n) is 12.4. The Kier molecular flexibility index (Phi) is 6.09. The summed E-state index contributed by atoms with van der Waals surface area (Å²) in [7, 11) is 0. The van der Waals surface area contributed by atoms with E-state index in [1.54, 1.807) is 28.8 Å². The van der Waals surface area contributed by atoms with Crippen molar-refractivity contribution in [2.75, 3.05) is 11.1 Å². The Labute approximate surface area is 138 Å². The van der Waals surface area contributed by atoms with E-state index in [1.807, 2.05) is 19.1 Å². The summed E-state index contributed by atoms with van der Waals surface area (Å²) in [4.78, 5) is 17.0. The quantitative estimate of drug-likeness (QED) is 0.792. The number of rotatable bonds is 6. The molecule has 0 saturated carbocycles. The van der Waals surface area contributed by atoms with Gasteiger partial charge in [0, 0.05) is 16.0 Å². The van der Waals surface area contributed by atoms with Crippen LogP contribution in [0.4, 0.5) is 10.5 Å². The molecule has 0 fully saturated rings. The molecule has 6 nitrogen and oxygen atoms in total. The van der Waals surface area contributed by atoms with Crippen LogP contribution in [0.15, 0.2) is 35.7 Å². The molecule has 0 bridgehead atoms. The zero-order valence-corrected chi connectivity index (χ0v) is 14.0. The molecular formula is C14H18ClN5OS. The molecule has 2 amide bonds. The monoisotopic (exact) mass is 339 g/mol. The van der Waals surface area contributed by atoms with E-state index in [0.29, 0.717) is 17.3 Å². The molecule has 22 heavy (non-hydrogen) atoms. The molecule has 1 aromatic carbocycles. The number of carbonyl (C=O) groups excluding carboxylic acids is 1. The Bertz CT molecular complexity index is 620. The lowest BCUT2D eigenvalue weighted by Gasteiger charge is -2.16. The van der Waals surface area contributed by atoms with Gasteiger partial charge in [0.05, 0.1) is 12.2 Å². The van der Waals surface area contributed by atoms with Crippen LogP contribution < -0.4 is 10.6 Å². The topological polar surface area (TPSA) is 71.8 Å². The first-order valence-electron chi connectivity index (χ1n) is 6.90. The zero-order chi connectivity index (χ0) is 15.9. The van der Waals surface area contributed by atoms with Crippen molar-refractivity contribution in [3.8, 4) is 0 Å². The van der Waals surface area contributed by atoms with Crippen molar-refractivity contribution >= 4 is 35.1 Å². The molecule has 2 N–H and O–H groups in total. The maximum absolute atomic E-state index is 12.1. The predicted molar refractivity (Wildman–Crippen MR) is 89.5 cm³/mol. The standard InChI is InChI=1S/C14H18ClN5OS/c1-3-22-13-5-4-11(15)6-12(13)19-14(21)18-10(2)7-20-9-16-8-17-20/h4-6,8-10H,3,7H2,1-2H3,(H2,18,19,21)/t10-/m0/s1. The average Bonchev–Trinajstić information content (AvgIpc) is 2.94. The summed E-state index contributed by atoms with van der Waals surface area (Å²) in [5.41, 5.74) is 0.713. The van der Waals surface area contributed by atoms with Gasteiger partial charge in [0.2, 0.25) is 0 Å². The van der Waals surface area contributed by atoms with Crippen LogP contribution in [0.2, 0.25) is 5.02 Å². The molecule has 0 aliphatic carbocycles. The molecule has 0 spiro atoms. The highest BCUT2D eigenvalue weighted by Gasteiger charge is 2.11. The summed E-state index contributed by atoms with van der Waals surface area (Å²) in [6.07, 6.45) is 3.08. The fraction of sp³-hybridized carbons (Fsp3) is 0.357. The van der Waals surface area contributed by atoms with Gasteiger partial charge in [-0.3, -0.25) is 4.68 Å². The van der Waals surface area contributed by atoms with Gasteiger partial charge in [-0.2, -0.15) is 5.10 Å². The lowest BCUT2D eigenvalue weighted by atomic mass is 10.3. The number of hydrogen-bond donors (Lipinski definition) is 2. The van der Waals surface area contributed by atoms with Gasteiger partial charge in [-0.05, 0) is 30.9 Å². The van der Waals surface area contributed by atoms with Crippen LogP contribution in [0.25, 0.3) is 0 Å². The van der Waals surface area contributed by atoms with Gasteiger partial charge in [-0.25, -0.2) is 9.78 Å². The molecule has 0 saturated heterocycles. The number of nitrogens with zero attached hydrogens (tertiary/aromatic N) is 3. The minimum Gasteiger partial charge on any atom is -0.334 e. The van der Waals surface area contributed by atoms with Gasteiger partial charge in [-0.15, -0.1) is 11.8 Å². The number of benzene rings is 1. The molecule has 1 atom stereocenters. The maximum Gasteiger partial charge on any atom is 0.319 e. The largest absolute Gasteiger partial charge is 0.334 e. The Morgan fingerprint density at radius 2 is 2.32 bits per heavy atom. The second-order valence-electron chi connectivity index (χ2n) is 4.69. The van der Waals surface area contributed by atoms with Gasteiger partial charge < -0.3 is 10.6 Å². The highest BCUT2D eigenvalue weighted by atomic mass is 35.5. The number of aromatic nitrogens is 3. The average molecular weight is 340 g/mol. The molecule has 2 rings (SSSR count). The number of thioether (sulfide) groups is 1. The van der Waals surface area contributed by atoms with Gasteiger partial charge in [0.15, 0.2) is 0 Å².